The highest BCUT2D eigenvalue weighted by Gasteiger charge is 2.10. The van der Waals surface area contributed by atoms with Crippen molar-refractivity contribution in [1.29, 1.82) is 0 Å². The van der Waals surface area contributed by atoms with E-state index in [1.165, 1.54) is 0 Å². The van der Waals surface area contributed by atoms with Gasteiger partial charge in [-0.05, 0) is 34.9 Å². The van der Waals surface area contributed by atoms with Crippen LogP contribution in [0.15, 0.2) is 66.1 Å². The fraction of sp³-hybridized carbons (Fsp3) is 0.0526. The van der Waals surface area contributed by atoms with Crippen molar-refractivity contribution in [3.8, 4) is 22.3 Å². The van der Waals surface area contributed by atoms with Crippen LogP contribution >= 0.6 is 32.6 Å². The molecule has 1 unspecified atom stereocenters. The SMILES string of the molecule is PCSc1nc2cc(-c3ccc(-c4cccnc4)cc3)c(Cl)cc2[nH]1. The summed E-state index contributed by atoms with van der Waals surface area (Å²) in [4.78, 5) is 12.1. The summed E-state index contributed by atoms with van der Waals surface area (Å²) in [5.74, 6) is 0. The van der Waals surface area contributed by atoms with Gasteiger partial charge in [0.25, 0.3) is 0 Å². The Hall–Kier alpha value is -1.87. The first kappa shape index (κ1) is 16.6. The molecule has 0 radical (unpaired) electrons. The summed E-state index contributed by atoms with van der Waals surface area (Å²) in [6, 6.07) is 16.3. The van der Waals surface area contributed by atoms with Crippen LogP contribution in [0.3, 0.4) is 0 Å². The summed E-state index contributed by atoms with van der Waals surface area (Å²) >= 11 is 8.17. The Morgan fingerprint density at radius 1 is 1.04 bits per heavy atom. The van der Waals surface area contributed by atoms with Crippen molar-refractivity contribution in [1.82, 2.24) is 15.0 Å². The van der Waals surface area contributed by atoms with Crippen LogP contribution in [0.1, 0.15) is 0 Å². The number of aromatic amines is 1. The van der Waals surface area contributed by atoms with E-state index in [1.54, 1.807) is 18.0 Å². The van der Waals surface area contributed by atoms with Crippen molar-refractivity contribution >= 4 is 43.6 Å². The summed E-state index contributed by atoms with van der Waals surface area (Å²) in [6.45, 7) is 0. The lowest BCUT2D eigenvalue weighted by Gasteiger charge is -2.07. The topological polar surface area (TPSA) is 41.6 Å². The minimum atomic E-state index is 0.715. The molecule has 0 aliphatic carbocycles. The van der Waals surface area contributed by atoms with Gasteiger partial charge in [0.1, 0.15) is 0 Å². The third kappa shape index (κ3) is 3.43. The molecule has 4 rings (SSSR count). The maximum atomic E-state index is 6.51. The molecule has 2 aromatic carbocycles. The lowest BCUT2D eigenvalue weighted by atomic mass is 10.0. The Morgan fingerprint density at radius 3 is 2.56 bits per heavy atom. The van der Waals surface area contributed by atoms with Gasteiger partial charge >= 0.3 is 0 Å². The van der Waals surface area contributed by atoms with E-state index in [-0.39, 0.29) is 0 Å². The largest absolute Gasteiger partial charge is 0.333 e. The average Bonchev–Trinajstić information content (AvgIpc) is 3.03. The summed E-state index contributed by atoms with van der Waals surface area (Å²) in [7, 11) is 2.69. The van der Waals surface area contributed by atoms with Crippen LogP contribution in [-0.2, 0) is 0 Å². The number of hydrogen-bond donors (Lipinski definition) is 1. The van der Waals surface area contributed by atoms with Gasteiger partial charge in [0.05, 0.1) is 16.1 Å². The lowest BCUT2D eigenvalue weighted by molar-refractivity contribution is 1.08. The number of thioether (sulfide) groups is 1. The maximum absolute atomic E-state index is 6.51. The molecule has 2 aromatic heterocycles. The van der Waals surface area contributed by atoms with Crippen molar-refractivity contribution in [2.24, 2.45) is 0 Å². The zero-order valence-corrected chi connectivity index (χ0v) is 16.0. The highest BCUT2D eigenvalue weighted by atomic mass is 35.5. The zero-order chi connectivity index (χ0) is 17.2. The van der Waals surface area contributed by atoms with Crippen LogP contribution in [0.25, 0.3) is 33.3 Å². The van der Waals surface area contributed by atoms with E-state index in [9.17, 15) is 0 Å². The molecule has 1 N–H and O–H groups in total. The number of halogens is 1. The first-order valence-electron chi connectivity index (χ1n) is 7.77. The van der Waals surface area contributed by atoms with Crippen molar-refractivity contribution in [2.45, 2.75) is 5.16 Å². The molecule has 124 valence electrons. The third-order valence-corrected chi connectivity index (χ3v) is 5.41. The number of imidazole rings is 1. The summed E-state index contributed by atoms with van der Waals surface area (Å²) < 4.78 is 0. The molecule has 0 bridgehead atoms. The Morgan fingerprint density at radius 2 is 1.84 bits per heavy atom. The van der Waals surface area contributed by atoms with Crippen LogP contribution in [-0.4, -0.2) is 20.4 Å². The molecule has 0 amide bonds. The zero-order valence-electron chi connectivity index (χ0n) is 13.2. The molecule has 6 heteroatoms. The molecule has 4 aromatic rings. The number of benzene rings is 2. The molecule has 0 aliphatic rings. The van der Waals surface area contributed by atoms with Crippen molar-refractivity contribution in [2.75, 3.05) is 5.49 Å². The Bertz CT molecular complexity index is 1020. The van der Waals surface area contributed by atoms with Crippen molar-refractivity contribution in [3.63, 3.8) is 0 Å². The number of H-pyrrole nitrogens is 1. The molecule has 0 saturated carbocycles. The summed E-state index contributed by atoms with van der Waals surface area (Å²) in [5.41, 5.74) is 7.08. The fourth-order valence-corrected chi connectivity index (χ4v) is 4.00. The van der Waals surface area contributed by atoms with Gasteiger partial charge in [-0.2, -0.15) is 0 Å². The number of nitrogens with zero attached hydrogens (tertiary/aromatic N) is 2. The van der Waals surface area contributed by atoms with Crippen LogP contribution in [0.2, 0.25) is 5.02 Å². The van der Waals surface area contributed by atoms with Crippen LogP contribution < -0.4 is 0 Å². The van der Waals surface area contributed by atoms with Gasteiger partial charge < -0.3 is 4.98 Å². The number of nitrogens with one attached hydrogen (secondary N) is 1. The highest BCUT2D eigenvalue weighted by molar-refractivity contribution is 8.02. The predicted molar refractivity (Wildman–Crippen MR) is 110 cm³/mol. The van der Waals surface area contributed by atoms with Gasteiger partial charge in [-0.3, -0.25) is 4.98 Å². The van der Waals surface area contributed by atoms with Crippen LogP contribution in [0.5, 0.6) is 0 Å². The van der Waals surface area contributed by atoms with E-state index in [1.807, 2.05) is 24.4 Å². The fourth-order valence-electron chi connectivity index (χ4n) is 2.75. The molecular weight excluding hydrogens is 369 g/mol. The van der Waals surface area contributed by atoms with Crippen LogP contribution in [0, 0.1) is 0 Å². The smallest absolute Gasteiger partial charge is 0.166 e. The molecule has 25 heavy (non-hydrogen) atoms. The number of pyridine rings is 1. The Labute approximate surface area is 157 Å². The monoisotopic (exact) mass is 383 g/mol. The van der Waals surface area contributed by atoms with Crippen molar-refractivity contribution in [3.05, 3.63) is 65.9 Å². The van der Waals surface area contributed by atoms with E-state index >= 15 is 0 Å². The van der Waals surface area contributed by atoms with E-state index in [0.29, 0.717) is 5.02 Å². The second-order valence-electron chi connectivity index (χ2n) is 5.52. The maximum Gasteiger partial charge on any atom is 0.166 e. The second-order valence-corrected chi connectivity index (χ2v) is 7.94. The normalized spacial score (nSPS) is 11.1. The van der Waals surface area contributed by atoms with Crippen molar-refractivity contribution < 1.29 is 0 Å². The molecule has 0 spiro atoms. The van der Waals surface area contributed by atoms with Gasteiger partial charge in [-0.15, -0.1) is 9.24 Å². The predicted octanol–water partition coefficient (Wildman–Crippen LogP) is 5.87. The molecule has 1 atom stereocenters. The molecule has 0 fully saturated rings. The van der Waals surface area contributed by atoms with Gasteiger partial charge in [0.15, 0.2) is 5.16 Å². The summed E-state index contributed by atoms with van der Waals surface area (Å²) in [5, 5.41) is 1.62. The van der Waals surface area contributed by atoms with Gasteiger partial charge in [-0.25, -0.2) is 4.98 Å². The Kier molecular flexibility index (Phi) is 4.76. The minimum Gasteiger partial charge on any atom is -0.333 e. The molecular formula is C19H15ClN3PS. The number of fused-ring (bicyclic) bond motifs is 1. The second kappa shape index (κ2) is 7.17. The minimum absolute atomic E-state index is 0.715. The number of hydrogen-bond acceptors (Lipinski definition) is 3. The quantitative estimate of drug-likeness (QED) is 0.354. The standard InChI is InChI=1S/C19H15ClN3PS/c20-16-9-18-17(22-19(23-18)25-11-24)8-15(16)13-5-3-12(4-6-13)14-2-1-7-21-10-14/h1-10H,11,24H2,(H,22,23). The lowest BCUT2D eigenvalue weighted by Crippen LogP contribution is -1.83. The third-order valence-electron chi connectivity index (χ3n) is 3.96. The van der Waals surface area contributed by atoms with Gasteiger partial charge in [0.2, 0.25) is 0 Å². The van der Waals surface area contributed by atoms with E-state index in [2.05, 4.69) is 54.5 Å². The van der Waals surface area contributed by atoms with Crippen LogP contribution in [0.4, 0.5) is 0 Å². The molecule has 0 aliphatic heterocycles. The van der Waals surface area contributed by atoms with Gasteiger partial charge in [-0.1, -0.05) is 53.7 Å². The van der Waals surface area contributed by atoms with E-state index < -0.39 is 0 Å². The first-order valence-corrected chi connectivity index (χ1v) is 9.95. The molecule has 0 saturated heterocycles. The summed E-state index contributed by atoms with van der Waals surface area (Å²) in [6.07, 6.45) is 3.64. The van der Waals surface area contributed by atoms with E-state index in [4.69, 9.17) is 11.6 Å². The molecule has 2 heterocycles. The van der Waals surface area contributed by atoms with E-state index in [0.717, 1.165) is 43.9 Å². The highest BCUT2D eigenvalue weighted by Crippen LogP contribution is 2.33. The Balaban J connectivity index is 1.72. The van der Waals surface area contributed by atoms with Gasteiger partial charge in [0, 0.05) is 23.5 Å². The average molecular weight is 384 g/mol. The number of aromatic nitrogens is 3. The first-order chi connectivity index (χ1) is 12.2. The number of rotatable bonds is 4. The molecule has 3 nitrogen and oxygen atoms in total.